The molecule has 1 aliphatic heterocycles. The third-order valence-corrected chi connectivity index (χ3v) is 13.4. The second-order valence-corrected chi connectivity index (χ2v) is 19.9. The van der Waals surface area contributed by atoms with Gasteiger partial charge in [-0.05, 0) is 89.2 Å². The van der Waals surface area contributed by atoms with Gasteiger partial charge in [-0.3, -0.25) is 24.0 Å². The number of aryl methyl sites for hydroxylation is 1. The van der Waals surface area contributed by atoms with Crippen molar-refractivity contribution in [1.82, 2.24) is 20.7 Å². The molecule has 5 rings (SSSR count). The maximum absolute atomic E-state index is 14.7. The normalized spacial score (nSPS) is 15.5. The summed E-state index contributed by atoms with van der Waals surface area (Å²) in [6, 6.07) is 13.2. The summed E-state index contributed by atoms with van der Waals surface area (Å²) in [4.78, 5) is 65.6. The first-order valence-electron chi connectivity index (χ1n) is 22.4. The first-order valence-corrected chi connectivity index (χ1v) is 24.4. The lowest BCUT2D eigenvalue weighted by atomic mass is 9.76. The number of Topliss-reactive ketones (excluding diaryl/α,β-unsaturated/α-hetero) is 1. The molecule has 65 heavy (non-hydrogen) atoms. The number of nitrogens with one attached hydrogen (secondary N) is 3. The average Bonchev–Trinajstić information content (AvgIpc) is 3.89. The van der Waals surface area contributed by atoms with Crippen LogP contribution in [0, 0.1) is 39.3 Å². The van der Waals surface area contributed by atoms with Gasteiger partial charge in [0.1, 0.15) is 17.6 Å². The number of amides is 3. The lowest BCUT2D eigenvalue weighted by Gasteiger charge is -2.34. The van der Waals surface area contributed by atoms with E-state index < -0.39 is 52.5 Å². The molecule has 0 spiro atoms. The Bertz CT molecular complexity index is 2240. The van der Waals surface area contributed by atoms with Crippen molar-refractivity contribution in [2.75, 3.05) is 18.5 Å². The zero-order chi connectivity index (χ0) is 47.1. The summed E-state index contributed by atoms with van der Waals surface area (Å²) in [6.07, 6.45) is 9.30. The number of hydroxylamine groups is 1. The molecule has 1 aliphatic rings. The molecule has 4 N–H and O–H groups in total. The summed E-state index contributed by atoms with van der Waals surface area (Å²) in [7, 11) is 0. The van der Waals surface area contributed by atoms with Gasteiger partial charge in [-0.25, -0.2) is 23.6 Å². The highest BCUT2D eigenvalue weighted by molar-refractivity contribution is 14.1. The molecule has 0 aliphatic carbocycles. The number of thiazole rings is 1. The van der Waals surface area contributed by atoms with E-state index in [4.69, 9.17) is 4.84 Å². The van der Waals surface area contributed by atoms with Crippen LogP contribution in [0.4, 0.5) is 24.5 Å². The predicted octanol–water partition coefficient (Wildman–Crippen LogP) is 10.7. The molecule has 11 nitrogen and oxygen atoms in total. The van der Waals surface area contributed by atoms with Crippen LogP contribution in [-0.2, 0) is 25.8 Å². The number of hydrogen-bond donors (Lipinski definition) is 4. The Balaban J connectivity index is 0.929. The Morgan fingerprint density at radius 2 is 1.57 bits per heavy atom. The van der Waals surface area contributed by atoms with Crippen LogP contribution in [-0.4, -0.2) is 63.8 Å². The molecule has 3 atom stereocenters. The van der Waals surface area contributed by atoms with Crippen molar-refractivity contribution in [2.45, 2.75) is 130 Å². The number of aliphatic hydroxyl groups is 1. The predicted molar refractivity (Wildman–Crippen MR) is 256 cm³/mol. The highest BCUT2D eigenvalue weighted by Gasteiger charge is 2.44. The Morgan fingerprint density at radius 1 is 0.908 bits per heavy atom. The molecule has 352 valence electrons. The number of aromatic nitrogens is 1. The number of ketones is 1. The van der Waals surface area contributed by atoms with E-state index in [1.165, 1.54) is 17.0 Å². The third kappa shape index (κ3) is 15.3. The summed E-state index contributed by atoms with van der Waals surface area (Å²) in [5.41, 5.74) is 5.67. The summed E-state index contributed by atoms with van der Waals surface area (Å²) in [6.45, 7) is 8.34. The van der Waals surface area contributed by atoms with Crippen LogP contribution in [0.2, 0.25) is 0 Å². The monoisotopic (exact) mass is 1030 g/mol. The standard InChI is InChI=1S/C49H61F3IN5O6S/c1-31-45(65-30-55-31)33-18-16-32(17-19-33)28-54-47(62)42-27-36(60)29-58(42)48(63)38(49(2,3)4)26-35(59)15-13-11-9-7-5-6-8-10-12-14-24-64-57-46(61)37-21-22-39(50)43(52)44(37)56-41-23-20-34(53)25-40(41)51/h16-23,25,30,36,38,42,56,60H,5-15,24,26-29H2,1-4H3,(H,54,62)(H,57,61)/t36-,38-,42+/m1/s1. The molecule has 0 bridgehead atoms. The minimum atomic E-state index is -1.31. The summed E-state index contributed by atoms with van der Waals surface area (Å²) < 4.78 is 43.7. The smallest absolute Gasteiger partial charge is 0.277 e. The van der Waals surface area contributed by atoms with Gasteiger partial charge in [-0.2, -0.15) is 0 Å². The summed E-state index contributed by atoms with van der Waals surface area (Å²) in [5, 5.41) is 16.0. The van der Waals surface area contributed by atoms with Crippen molar-refractivity contribution in [1.29, 1.82) is 0 Å². The molecular formula is C49H61F3IN5O6S. The van der Waals surface area contributed by atoms with Crippen LogP contribution in [0.5, 0.6) is 0 Å². The molecular weight excluding hydrogens is 971 g/mol. The summed E-state index contributed by atoms with van der Waals surface area (Å²) in [5.74, 6) is -5.15. The van der Waals surface area contributed by atoms with Crippen molar-refractivity contribution in [3.63, 3.8) is 0 Å². The Morgan fingerprint density at radius 3 is 2.20 bits per heavy atom. The number of halogens is 4. The van der Waals surface area contributed by atoms with E-state index in [9.17, 15) is 37.5 Å². The zero-order valence-corrected chi connectivity index (χ0v) is 40.6. The summed E-state index contributed by atoms with van der Waals surface area (Å²) >= 11 is 3.50. The van der Waals surface area contributed by atoms with Gasteiger partial charge in [-0.1, -0.05) is 96.4 Å². The van der Waals surface area contributed by atoms with E-state index in [1.807, 2.05) is 80.1 Å². The van der Waals surface area contributed by atoms with Gasteiger partial charge < -0.3 is 20.6 Å². The van der Waals surface area contributed by atoms with Crippen LogP contribution in [0.3, 0.4) is 0 Å². The number of carbonyl (C=O) groups is 4. The molecule has 3 aromatic carbocycles. The molecule has 0 saturated carbocycles. The van der Waals surface area contributed by atoms with E-state index >= 15 is 0 Å². The topological polar surface area (TPSA) is 150 Å². The van der Waals surface area contributed by atoms with Gasteiger partial charge in [0, 0.05) is 41.8 Å². The van der Waals surface area contributed by atoms with Gasteiger partial charge in [0.05, 0.1) is 45.7 Å². The number of benzene rings is 3. The number of likely N-dealkylation sites (tertiary alicyclic amines) is 1. The molecule has 1 fully saturated rings. The van der Waals surface area contributed by atoms with E-state index in [-0.39, 0.29) is 61.4 Å². The molecule has 4 aromatic rings. The molecule has 0 radical (unpaired) electrons. The first kappa shape index (κ1) is 51.6. The minimum absolute atomic E-state index is 0.0280. The maximum Gasteiger partial charge on any atom is 0.277 e. The van der Waals surface area contributed by atoms with Gasteiger partial charge in [-0.15, -0.1) is 11.3 Å². The number of anilines is 2. The molecule has 16 heteroatoms. The number of unbranched alkanes of at least 4 members (excludes halogenated alkanes) is 9. The fraction of sp³-hybridized carbons (Fsp3) is 0.490. The van der Waals surface area contributed by atoms with Gasteiger partial charge in [0.2, 0.25) is 11.8 Å². The van der Waals surface area contributed by atoms with Gasteiger partial charge in [0.15, 0.2) is 11.6 Å². The van der Waals surface area contributed by atoms with Crippen molar-refractivity contribution >= 4 is 68.8 Å². The van der Waals surface area contributed by atoms with Crippen molar-refractivity contribution in [2.24, 2.45) is 11.3 Å². The fourth-order valence-electron chi connectivity index (χ4n) is 7.93. The van der Waals surface area contributed by atoms with E-state index in [1.54, 1.807) is 17.4 Å². The van der Waals surface area contributed by atoms with Crippen molar-refractivity contribution in [3.8, 4) is 10.4 Å². The second kappa shape index (κ2) is 24.9. The van der Waals surface area contributed by atoms with Gasteiger partial charge >= 0.3 is 0 Å². The maximum atomic E-state index is 14.7. The Hall–Kier alpha value is -4.39. The largest absolute Gasteiger partial charge is 0.391 e. The molecule has 0 unspecified atom stereocenters. The Kier molecular flexibility index (Phi) is 19.8. The lowest BCUT2D eigenvalue weighted by molar-refractivity contribution is -0.146. The van der Waals surface area contributed by atoms with Crippen LogP contribution in [0.25, 0.3) is 10.4 Å². The number of hydrogen-bond acceptors (Lipinski definition) is 9. The lowest BCUT2D eigenvalue weighted by Crippen LogP contribution is -2.50. The van der Waals surface area contributed by atoms with E-state index in [0.29, 0.717) is 16.4 Å². The Labute approximate surface area is 397 Å². The van der Waals surface area contributed by atoms with Crippen LogP contribution < -0.4 is 16.1 Å². The van der Waals surface area contributed by atoms with E-state index in [2.05, 4.69) is 21.1 Å². The first-order chi connectivity index (χ1) is 31.0. The van der Waals surface area contributed by atoms with Crippen molar-refractivity contribution < 1.29 is 42.3 Å². The van der Waals surface area contributed by atoms with Crippen LogP contribution in [0.15, 0.2) is 60.1 Å². The quantitative estimate of drug-likeness (QED) is 0.0308. The van der Waals surface area contributed by atoms with Crippen LogP contribution >= 0.6 is 33.9 Å². The van der Waals surface area contributed by atoms with Crippen molar-refractivity contribution in [3.05, 3.63) is 98.0 Å². The molecule has 1 aromatic heterocycles. The number of carbonyl (C=O) groups excluding carboxylic acids is 4. The number of aliphatic hydroxyl groups excluding tert-OH is 1. The molecule has 3 amide bonds. The minimum Gasteiger partial charge on any atom is -0.391 e. The SMILES string of the molecule is Cc1ncsc1-c1ccc(CNC(=O)[C@@H]2C[C@@H](O)CN2C(=O)[C@@H](CC(=O)CCCCCCCCCCCCONC(=O)c2ccc(F)c(F)c2Nc2ccc(I)cc2F)C(C)(C)C)cc1. The van der Waals surface area contributed by atoms with E-state index in [0.717, 1.165) is 91.6 Å². The highest BCUT2D eigenvalue weighted by Crippen LogP contribution is 2.35. The third-order valence-electron chi connectivity index (χ3n) is 11.7. The highest BCUT2D eigenvalue weighted by atomic mass is 127. The average molecular weight is 1030 g/mol. The number of nitrogens with zero attached hydrogens (tertiary/aromatic N) is 2. The second-order valence-electron chi connectivity index (χ2n) is 17.8. The van der Waals surface area contributed by atoms with Gasteiger partial charge in [0.25, 0.3) is 5.91 Å². The number of rotatable bonds is 24. The number of β-amino-alcohol motifs (C(OH)–C–C–N with tert-alkyl or cyclic N) is 1. The van der Waals surface area contributed by atoms with Crippen LogP contribution in [0.1, 0.15) is 126 Å². The zero-order valence-electron chi connectivity index (χ0n) is 37.6. The fourth-order valence-corrected chi connectivity index (χ4v) is 9.19. The molecule has 1 saturated heterocycles. The molecule has 2 heterocycles.